The standard InChI is InChI=1S/C40H22F6N4O4/c41-39(42,43)19-10-14-21(15-11-19)49-35(51)27-24-8-3-1-2-6-18-47-33(24)31-29-28(27)32(38(49)54)34-26(23-7-4-5-9-25(23)48-34)30(29)36(52)50(37(31)53)22-16-12-20(13-17-22)40(44,45)46/h1-7,9-17,47-48H,8,18H2. The van der Waals surface area contributed by atoms with Crippen LogP contribution in [0.15, 0.2) is 97.1 Å². The molecule has 1 aromatic heterocycles. The molecule has 0 saturated heterocycles. The van der Waals surface area contributed by atoms with E-state index < -0.39 is 47.1 Å². The largest absolute Gasteiger partial charge is 0.416 e. The average Bonchev–Trinajstić information content (AvgIpc) is 3.56. The lowest BCUT2D eigenvalue weighted by Gasteiger charge is -2.35. The number of benzene rings is 5. The van der Waals surface area contributed by atoms with Gasteiger partial charge in [-0.2, -0.15) is 26.3 Å². The van der Waals surface area contributed by atoms with Gasteiger partial charge in [0.25, 0.3) is 23.6 Å². The Morgan fingerprint density at radius 1 is 0.556 bits per heavy atom. The third-order valence-corrected chi connectivity index (χ3v) is 9.99. The molecule has 2 N–H and O–H groups in total. The van der Waals surface area contributed by atoms with Crippen molar-refractivity contribution in [3.05, 3.63) is 136 Å². The number of alkyl halides is 6. The Morgan fingerprint density at radius 3 is 1.69 bits per heavy atom. The van der Waals surface area contributed by atoms with Crippen molar-refractivity contribution >= 4 is 73.3 Å². The number of anilines is 3. The maximum atomic E-state index is 14.8. The topological polar surface area (TPSA) is 103 Å². The highest BCUT2D eigenvalue weighted by Gasteiger charge is 2.47. The van der Waals surface area contributed by atoms with E-state index in [4.69, 9.17) is 0 Å². The first-order chi connectivity index (χ1) is 25.8. The molecular formula is C40H22F6N4O4. The van der Waals surface area contributed by atoms with Gasteiger partial charge in [-0.05, 0) is 66.6 Å². The van der Waals surface area contributed by atoms with Gasteiger partial charge in [-0.1, -0.05) is 42.5 Å². The van der Waals surface area contributed by atoms with Crippen LogP contribution in [0.5, 0.6) is 0 Å². The maximum Gasteiger partial charge on any atom is 0.416 e. The van der Waals surface area contributed by atoms with E-state index in [0.717, 1.165) is 58.3 Å². The molecule has 14 heteroatoms. The predicted molar refractivity (Wildman–Crippen MR) is 189 cm³/mol. The van der Waals surface area contributed by atoms with Crippen molar-refractivity contribution in [2.45, 2.75) is 18.8 Å². The minimum absolute atomic E-state index is 0.00244. The zero-order valence-electron chi connectivity index (χ0n) is 27.4. The van der Waals surface area contributed by atoms with Crippen molar-refractivity contribution in [2.75, 3.05) is 21.7 Å². The molecule has 0 atom stereocenters. The summed E-state index contributed by atoms with van der Waals surface area (Å²) >= 11 is 0. The number of amides is 4. The van der Waals surface area contributed by atoms with Crippen LogP contribution in [0.2, 0.25) is 0 Å². The van der Waals surface area contributed by atoms with Crippen LogP contribution in [0.4, 0.5) is 43.4 Å². The lowest BCUT2D eigenvalue weighted by atomic mass is 9.79. The molecule has 8 nitrogen and oxygen atoms in total. The van der Waals surface area contributed by atoms with Crippen LogP contribution in [0, 0.1) is 0 Å². The Morgan fingerprint density at radius 2 is 1.07 bits per heavy atom. The van der Waals surface area contributed by atoms with E-state index in [0.29, 0.717) is 10.9 Å². The molecule has 54 heavy (non-hydrogen) atoms. The second-order valence-electron chi connectivity index (χ2n) is 12.9. The van der Waals surface area contributed by atoms with Crippen LogP contribution in [0.1, 0.15) is 58.1 Å². The van der Waals surface area contributed by atoms with Gasteiger partial charge in [0, 0.05) is 33.6 Å². The first kappa shape index (κ1) is 33.2. The van der Waals surface area contributed by atoms with Crippen molar-refractivity contribution < 1.29 is 45.5 Å². The fraction of sp³-hybridized carbons (Fsp3) is 0.100. The molecule has 3 aliphatic heterocycles. The molecule has 0 spiro atoms. The molecule has 268 valence electrons. The highest BCUT2D eigenvalue weighted by atomic mass is 19.4. The van der Waals surface area contributed by atoms with Gasteiger partial charge in [0.2, 0.25) is 0 Å². The number of hydrogen-bond acceptors (Lipinski definition) is 5. The summed E-state index contributed by atoms with van der Waals surface area (Å²) in [6.07, 6.45) is -2.41. The van der Waals surface area contributed by atoms with Gasteiger partial charge < -0.3 is 10.3 Å². The van der Waals surface area contributed by atoms with Gasteiger partial charge in [-0.15, -0.1) is 0 Å². The highest BCUT2D eigenvalue weighted by Crippen LogP contribution is 2.50. The molecule has 0 fully saturated rings. The Labute approximate surface area is 299 Å². The van der Waals surface area contributed by atoms with Crippen LogP contribution >= 0.6 is 0 Å². The van der Waals surface area contributed by atoms with Gasteiger partial charge in [-0.25, -0.2) is 9.80 Å². The maximum absolute atomic E-state index is 14.8. The lowest BCUT2D eigenvalue weighted by Crippen LogP contribution is -2.45. The van der Waals surface area contributed by atoms with E-state index in [-0.39, 0.29) is 79.5 Å². The minimum Gasteiger partial charge on any atom is -0.381 e. The van der Waals surface area contributed by atoms with E-state index in [9.17, 15) is 45.5 Å². The summed E-state index contributed by atoms with van der Waals surface area (Å²) in [5.41, 5.74) is -1.46. The molecule has 0 saturated carbocycles. The average molecular weight is 737 g/mol. The predicted octanol–water partition coefficient (Wildman–Crippen LogP) is 9.19. The number of allylic oxidation sites excluding steroid dienone is 3. The molecule has 0 unspecified atom stereocenters. The summed E-state index contributed by atoms with van der Waals surface area (Å²) < 4.78 is 81.3. The number of aromatic nitrogens is 1. The Balaban J connectivity index is 1.41. The first-order valence-corrected chi connectivity index (χ1v) is 16.5. The number of rotatable bonds is 2. The molecule has 6 aromatic rings. The fourth-order valence-corrected chi connectivity index (χ4v) is 7.69. The lowest BCUT2D eigenvalue weighted by molar-refractivity contribution is -0.138. The van der Waals surface area contributed by atoms with E-state index in [1.807, 2.05) is 0 Å². The van der Waals surface area contributed by atoms with Crippen LogP contribution in [0.3, 0.4) is 0 Å². The van der Waals surface area contributed by atoms with Crippen molar-refractivity contribution in [1.82, 2.24) is 4.98 Å². The zero-order chi connectivity index (χ0) is 37.8. The number of hydrogen-bond donors (Lipinski definition) is 2. The summed E-state index contributed by atoms with van der Waals surface area (Å²) in [6.45, 7) is 0.143. The van der Waals surface area contributed by atoms with Crippen LogP contribution in [-0.4, -0.2) is 35.2 Å². The number of nitrogens with one attached hydrogen (secondary N) is 2. The number of para-hydroxylation sites is 1. The van der Waals surface area contributed by atoms with Crippen molar-refractivity contribution in [2.24, 2.45) is 0 Å². The monoisotopic (exact) mass is 736 g/mol. The number of halogens is 6. The van der Waals surface area contributed by atoms with Crippen molar-refractivity contribution in [1.29, 1.82) is 0 Å². The molecular weight excluding hydrogens is 714 g/mol. The molecule has 5 aromatic carbocycles. The smallest absolute Gasteiger partial charge is 0.381 e. The number of nitrogens with zero attached hydrogens (tertiary/aromatic N) is 2. The van der Waals surface area contributed by atoms with Crippen molar-refractivity contribution in [3.63, 3.8) is 0 Å². The Hall–Kier alpha value is -6.70. The van der Waals surface area contributed by atoms with Gasteiger partial charge >= 0.3 is 12.4 Å². The van der Waals surface area contributed by atoms with Gasteiger partial charge in [0.05, 0.1) is 56.0 Å². The van der Waals surface area contributed by atoms with E-state index in [2.05, 4.69) is 10.3 Å². The third-order valence-electron chi connectivity index (χ3n) is 9.99. The number of carbonyl (C=O) groups excluding carboxylic acids is 4. The molecule has 0 bridgehead atoms. The second-order valence-corrected chi connectivity index (χ2v) is 12.9. The molecule has 9 rings (SSSR count). The summed E-state index contributed by atoms with van der Waals surface area (Å²) in [6, 6.07) is 14.0. The molecule has 0 aliphatic carbocycles. The Kier molecular flexibility index (Phi) is 7.00. The normalized spacial score (nSPS) is 15.9. The quantitative estimate of drug-likeness (QED) is 0.136. The van der Waals surface area contributed by atoms with Crippen molar-refractivity contribution in [3.8, 4) is 0 Å². The third kappa shape index (κ3) is 4.65. The van der Waals surface area contributed by atoms with E-state index >= 15 is 0 Å². The second kappa shape index (κ2) is 11.4. The molecule has 4 amide bonds. The van der Waals surface area contributed by atoms with Crippen LogP contribution in [0.25, 0.3) is 32.6 Å². The van der Waals surface area contributed by atoms with Gasteiger partial charge in [0.15, 0.2) is 0 Å². The van der Waals surface area contributed by atoms with Crippen LogP contribution in [-0.2, 0) is 18.8 Å². The molecule has 4 heterocycles. The van der Waals surface area contributed by atoms with Crippen LogP contribution < -0.4 is 15.1 Å². The van der Waals surface area contributed by atoms with Gasteiger partial charge in [0.1, 0.15) is 0 Å². The molecule has 3 aliphatic rings. The molecule has 0 radical (unpaired) electrons. The fourth-order valence-electron chi connectivity index (χ4n) is 7.69. The van der Waals surface area contributed by atoms with Gasteiger partial charge in [-0.3, -0.25) is 19.2 Å². The van der Waals surface area contributed by atoms with E-state index in [1.165, 1.54) is 0 Å². The SMILES string of the molecule is O=C1c2c3c(c4c5c(c6c([nH]c7ccccc76)c(c25)C(=O)N1c1ccc(C(F)(F)F)cc1)C(=O)N(c1ccc(C(F)(F)F)cc1)C4=O)NCC=CC=CC3. The summed E-state index contributed by atoms with van der Waals surface area (Å²) in [5.74, 6) is -3.58. The zero-order valence-corrected chi connectivity index (χ0v) is 27.4. The summed E-state index contributed by atoms with van der Waals surface area (Å²) in [4.78, 5) is 64.0. The Bertz CT molecular complexity index is 2740. The minimum atomic E-state index is -4.68. The number of carbonyl (C=O) groups is 4. The first-order valence-electron chi connectivity index (χ1n) is 16.5. The number of aromatic amines is 1. The summed E-state index contributed by atoms with van der Waals surface area (Å²) in [7, 11) is 0. The number of imide groups is 2. The highest BCUT2D eigenvalue weighted by molar-refractivity contribution is 6.48. The summed E-state index contributed by atoms with van der Waals surface area (Å²) in [5, 5.41) is 3.90. The number of H-pyrrole nitrogens is 1. The van der Waals surface area contributed by atoms with E-state index in [1.54, 1.807) is 48.6 Å². The number of fused-ring (bicyclic) bond motifs is 8.